The van der Waals surface area contributed by atoms with Gasteiger partial charge in [0.15, 0.2) is 0 Å². The lowest BCUT2D eigenvalue weighted by molar-refractivity contribution is 0.257. The first-order chi connectivity index (χ1) is 7.38. The van der Waals surface area contributed by atoms with Gasteiger partial charge in [-0.1, -0.05) is 26.2 Å². The molecule has 0 spiro atoms. The summed E-state index contributed by atoms with van der Waals surface area (Å²) in [6.07, 6.45) is 10.9. The third-order valence-corrected chi connectivity index (χ3v) is 3.22. The molecule has 2 nitrogen and oxygen atoms in total. The molecule has 90 valence electrons. The van der Waals surface area contributed by atoms with Crippen LogP contribution >= 0.6 is 0 Å². The number of nitrogens with two attached hydrogens (primary N) is 1. The van der Waals surface area contributed by atoms with Gasteiger partial charge in [-0.05, 0) is 51.7 Å². The van der Waals surface area contributed by atoms with Crippen LogP contribution in [0.25, 0.3) is 0 Å². The van der Waals surface area contributed by atoms with Crippen LogP contribution in [0.2, 0.25) is 0 Å². The SMILES string of the molecule is CCCN(CCCCCCCN)C1CC1. The highest BCUT2D eigenvalue weighted by Crippen LogP contribution is 2.27. The lowest BCUT2D eigenvalue weighted by Crippen LogP contribution is -2.27. The van der Waals surface area contributed by atoms with E-state index in [2.05, 4.69) is 11.8 Å². The van der Waals surface area contributed by atoms with Crippen LogP contribution in [0.15, 0.2) is 0 Å². The van der Waals surface area contributed by atoms with E-state index >= 15 is 0 Å². The molecule has 0 aromatic carbocycles. The molecule has 1 aliphatic carbocycles. The predicted molar refractivity (Wildman–Crippen MR) is 67.0 cm³/mol. The van der Waals surface area contributed by atoms with E-state index < -0.39 is 0 Å². The maximum atomic E-state index is 5.47. The zero-order valence-corrected chi connectivity index (χ0v) is 10.4. The minimum absolute atomic E-state index is 0.865. The summed E-state index contributed by atoms with van der Waals surface area (Å²) in [5.41, 5.74) is 5.47. The van der Waals surface area contributed by atoms with Gasteiger partial charge in [-0.25, -0.2) is 0 Å². The van der Waals surface area contributed by atoms with Crippen molar-refractivity contribution < 1.29 is 0 Å². The average Bonchev–Trinajstić information content (AvgIpc) is 3.05. The summed E-state index contributed by atoms with van der Waals surface area (Å²) < 4.78 is 0. The highest BCUT2D eigenvalue weighted by atomic mass is 15.2. The van der Waals surface area contributed by atoms with E-state index in [1.165, 1.54) is 64.5 Å². The molecule has 0 aromatic heterocycles. The summed E-state index contributed by atoms with van der Waals surface area (Å²) in [6, 6.07) is 0.953. The highest BCUT2D eigenvalue weighted by molar-refractivity contribution is 4.84. The number of nitrogens with zero attached hydrogens (tertiary/aromatic N) is 1. The Kier molecular flexibility index (Phi) is 7.03. The zero-order chi connectivity index (χ0) is 10.9. The topological polar surface area (TPSA) is 29.3 Å². The van der Waals surface area contributed by atoms with E-state index in [0.29, 0.717) is 0 Å². The van der Waals surface area contributed by atoms with E-state index in [1.54, 1.807) is 0 Å². The van der Waals surface area contributed by atoms with E-state index in [0.717, 1.165) is 12.6 Å². The molecule has 1 saturated carbocycles. The van der Waals surface area contributed by atoms with Gasteiger partial charge in [0.2, 0.25) is 0 Å². The first kappa shape index (κ1) is 13.0. The Bertz CT molecular complexity index is 143. The molecule has 0 amide bonds. The maximum Gasteiger partial charge on any atom is 0.00964 e. The molecular weight excluding hydrogens is 184 g/mol. The van der Waals surface area contributed by atoms with Crippen LogP contribution in [0.3, 0.4) is 0 Å². The number of hydrogen-bond donors (Lipinski definition) is 1. The second kappa shape index (κ2) is 8.12. The monoisotopic (exact) mass is 212 g/mol. The van der Waals surface area contributed by atoms with E-state index in [1.807, 2.05) is 0 Å². The van der Waals surface area contributed by atoms with Crippen molar-refractivity contribution in [1.29, 1.82) is 0 Å². The summed E-state index contributed by atoms with van der Waals surface area (Å²) in [4.78, 5) is 2.70. The van der Waals surface area contributed by atoms with Crippen molar-refractivity contribution >= 4 is 0 Å². The third kappa shape index (κ3) is 6.16. The Balaban J connectivity index is 1.92. The van der Waals surface area contributed by atoms with Crippen LogP contribution in [0, 0.1) is 0 Å². The Morgan fingerprint density at radius 2 is 1.67 bits per heavy atom. The minimum atomic E-state index is 0.865. The van der Waals surface area contributed by atoms with Gasteiger partial charge in [0.1, 0.15) is 0 Å². The van der Waals surface area contributed by atoms with Crippen molar-refractivity contribution in [3.63, 3.8) is 0 Å². The third-order valence-electron chi connectivity index (χ3n) is 3.22. The largest absolute Gasteiger partial charge is 0.330 e. The second-order valence-electron chi connectivity index (χ2n) is 4.82. The van der Waals surface area contributed by atoms with Crippen LogP contribution in [0.5, 0.6) is 0 Å². The van der Waals surface area contributed by atoms with Crippen molar-refractivity contribution in [3.05, 3.63) is 0 Å². The molecule has 0 radical (unpaired) electrons. The molecule has 0 saturated heterocycles. The molecule has 15 heavy (non-hydrogen) atoms. The van der Waals surface area contributed by atoms with E-state index in [9.17, 15) is 0 Å². The molecule has 0 aromatic rings. The standard InChI is InChI=1S/C13H28N2/c1-2-11-15(13-8-9-13)12-7-5-3-4-6-10-14/h13H,2-12,14H2,1H3. The molecule has 1 aliphatic rings. The molecule has 2 heteroatoms. The quantitative estimate of drug-likeness (QED) is 0.564. The molecule has 2 N–H and O–H groups in total. The van der Waals surface area contributed by atoms with Crippen molar-refractivity contribution in [3.8, 4) is 0 Å². The normalized spacial score (nSPS) is 16.2. The Morgan fingerprint density at radius 3 is 2.27 bits per heavy atom. The van der Waals surface area contributed by atoms with Crippen molar-refractivity contribution in [2.45, 2.75) is 64.3 Å². The van der Waals surface area contributed by atoms with Crippen molar-refractivity contribution in [2.24, 2.45) is 5.73 Å². The van der Waals surface area contributed by atoms with Crippen molar-refractivity contribution in [1.82, 2.24) is 4.90 Å². The first-order valence-corrected chi connectivity index (χ1v) is 6.82. The number of hydrogen-bond acceptors (Lipinski definition) is 2. The minimum Gasteiger partial charge on any atom is -0.330 e. The van der Waals surface area contributed by atoms with Gasteiger partial charge in [0.05, 0.1) is 0 Å². The van der Waals surface area contributed by atoms with E-state index in [-0.39, 0.29) is 0 Å². The lowest BCUT2D eigenvalue weighted by Gasteiger charge is -2.20. The predicted octanol–water partition coefficient (Wildman–Crippen LogP) is 2.77. The highest BCUT2D eigenvalue weighted by Gasteiger charge is 2.27. The molecule has 1 fully saturated rings. The van der Waals surface area contributed by atoms with Crippen LogP contribution in [-0.4, -0.2) is 30.6 Å². The Labute approximate surface area is 95.2 Å². The summed E-state index contributed by atoms with van der Waals surface area (Å²) in [5.74, 6) is 0. The average molecular weight is 212 g/mol. The summed E-state index contributed by atoms with van der Waals surface area (Å²) in [7, 11) is 0. The molecule has 0 heterocycles. The van der Waals surface area contributed by atoms with Crippen LogP contribution < -0.4 is 5.73 Å². The number of unbranched alkanes of at least 4 members (excludes halogenated alkanes) is 4. The molecule has 0 atom stereocenters. The second-order valence-corrected chi connectivity index (χ2v) is 4.82. The van der Waals surface area contributed by atoms with Crippen molar-refractivity contribution in [2.75, 3.05) is 19.6 Å². The van der Waals surface area contributed by atoms with Gasteiger partial charge in [-0.15, -0.1) is 0 Å². The fourth-order valence-corrected chi connectivity index (χ4v) is 2.19. The van der Waals surface area contributed by atoms with Gasteiger partial charge in [-0.2, -0.15) is 0 Å². The van der Waals surface area contributed by atoms with Gasteiger partial charge >= 0.3 is 0 Å². The molecule has 0 bridgehead atoms. The fraction of sp³-hybridized carbons (Fsp3) is 1.00. The summed E-state index contributed by atoms with van der Waals surface area (Å²) in [6.45, 7) is 5.80. The van der Waals surface area contributed by atoms with Crippen LogP contribution in [0.1, 0.15) is 58.3 Å². The van der Waals surface area contributed by atoms with E-state index in [4.69, 9.17) is 5.73 Å². The summed E-state index contributed by atoms with van der Waals surface area (Å²) in [5, 5.41) is 0. The Morgan fingerprint density at radius 1 is 1.00 bits per heavy atom. The zero-order valence-electron chi connectivity index (χ0n) is 10.4. The summed E-state index contributed by atoms with van der Waals surface area (Å²) >= 11 is 0. The fourth-order valence-electron chi connectivity index (χ4n) is 2.19. The van der Waals surface area contributed by atoms with Gasteiger partial charge in [0, 0.05) is 6.04 Å². The van der Waals surface area contributed by atoms with Crippen LogP contribution in [0.4, 0.5) is 0 Å². The molecular formula is C13H28N2. The smallest absolute Gasteiger partial charge is 0.00964 e. The lowest BCUT2D eigenvalue weighted by atomic mass is 10.1. The molecule has 1 rings (SSSR count). The Hall–Kier alpha value is -0.0800. The van der Waals surface area contributed by atoms with Gasteiger partial charge < -0.3 is 10.6 Å². The number of rotatable bonds is 10. The maximum absolute atomic E-state index is 5.47. The van der Waals surface area contributed by atoms with Crippen LogP contribution in [-0.2, 0) is 0 Å². The van der Waals surface area contributed by atoms with Gasteiger partial charge in [0.25, 0.3) is 0 Å². The first-order valence-electron chi connectivity index (χ1n) is 6.82. The van der Waals surface area contributed by atoms with Gasteiger partial charge in [-0.3, -0.25) is 0 Å². The molecule has 0 aliphatic heterocycles. The molecule has 0 unspecified atom stereocenters.